The second-order valence-electron chi connectivity index (χ2n) is 28.3. The molecule has 3 aliphatic heterocycles. The van der Waals surface area contributed by atoms with Gasteiger partial charge in [-0.15, -0.1) is 0 Å². The summed E-state index contributed by atoms with van der Waals surface area (Å²) in [5, 5.41) is 62.1. The highest BCUT2D eigenvalue weighted by atomic mass is 127. The maximum Gasteiger partial charge on any atom is 0.450 e. The van der Waals surface area contributed by atoms with E-state index in [4.69, 9.17) is 32.8 Å². The Labute approximate surface area is 623 Å². The van der Waals surface area contributed by atoms with Crippen molar-refractivity contribution in [2.24, 2.45) is 11.8 Å². The summed E-state index contributed by atoms with van der Waals surface area (Å²) in [6.07, 6.45) is -10.0. The molecule has 0 radical (unpaired) electrons. The number of aromatic amines is 2. The van der Waals surface area contributed by atoms with Crippen LogP contribution in [0.5, 0.6) is 0 Å². The van der Waals surface area contributed by atoms with Gasteiger partial charge >= 0.3 is 29.3 Å². The molecule has 3 saturated heterocycles. The second-order valence-corrected chi connectivity index (χ2v) is 34.9. The lowest BCUT2D eigenvalue weighted by atomic mass is 9.96. The van der Waals surface area contributed by atoms with Gasteiger partial charge in [-0.1, -0.05) is 83.2 Å². The first-order valence-electron chi connectivity index (χ1n) is 33.5. The topological polar surface area (TPSA) is 420 Å². The number of benzene rings is 2. The van der Waals surface area contributed by atoms with Gasteiger partial charge in [-0.2, -0.15) is 17.7 Å². The van der Waals surface area contributed by atoms with Gasteiger partial charge in [-0.05, 0) is 104 Å². The highest BCUT2D eigenvalue weighted by Crippen LogP contribution is 2.42. The van der Waals surface area contributed by atoms with E-state index in [1.165, 1.54) is 41.4 Å². The summed E-state index contributed by atoms with van der Waals surface area (Å²) in [6, 6.07) is 8.80. The van der Waals surface area contributed by atoms with Crippen molar-refractivity contribution in [2.45, 2.75) is 231 Å². The van der Waals surface area contributed by atoms with E-state index < -0.39 is 151 Å². The summed E-state index contributed by atoms with van der Waals surface area (Å²) < 4.78 is 82.7. The molecule has 0 aliphatic carbocycles. The Balaban J connectivity index is 0.000000250. The highest BCUT2D eigenvalue weighted by Gasteiger charge is 2.46. The second kappa shape index (κ2) is 36.6. The number of nitrogens with one attached hydrogen (secondary N) is 2. The molecule has 37 heteroatoms. The average molecular weight is 1680 g/mol. The molecule has 0 amide bonds. The summed E-state index contributed by atoms with van der Waals surface area (Å²) in [6.45, 7) is 23.7. The third-order valence-corrected chi connectivity index (χ3v) is 23.4. The number of ketones is 1. The van der Waals surface area contributed by atoms with E-state index in [1.807, 2.05) is 43.4 Å². The number of hydrogen-bond acceptors (Lipinski definition) is 23. The van der Waals surface area contributed by atoms with E-state index in [2.05, 4.69) is 71.6 Å². The summed E-state index contributed by atoms with van der Waals surface area (Å²) >= 11 is 5.27. The van der Waals surface area contributed by atoms with E-state index in [0.717, 1.165) is 21.6 Å². The van der Waals surface area contributed by atoms with Gasteiger partial charge in [0.2, 0.25) is 5.78 Å². The van der Waals surface area contributed by atoms with Crippen LogP contribution in [0.15, 0.2) is 83.8 Å². The van der Waals surface area contributed by atoms with Crippen molar-refractivity contribution in [3.63, 3.8) is 0 Å². The number of H-pyrrole nitrogens is 2. The lowest BCUT2D eigenvalue weighted by molar-refractivity contribution is -0.386. The molecule has 3 fully saturated rings. The van der Waals surface area contributed by atoms with Gasteiger partial charge in [-0.25, -0.2) is 19.2 Å². The first-order chi connectivity index (χ1) is 48.9. The number of halogens is 5. The third-order valence-electron chi connectivity index (χ3n) is 17.6. The molecular formula is C68H89BrF3IN8O23Si. The Morgan fingerprint density at radius 3 is 1.60 bits per heavy atom. The number of aliphatic hydroxyl groups is 4. The number of aromatic nitrogens is 6. The van der Waals surface area contributed by atoms with Crippen LogP contribution in [0.1, 0.15) is 179 Å². The van der Waals surface area contributed by atoms with Crippen LogP contribution in [-0.4, -0.2) is 140 Å². The predicted molar refractivity (Wildman–Crippen MR) is 387 cm³/mol. The van der Waals surface area contributed by atoms with Crippen LogP contribution in [0.3, 0.4) is 0 Å². The third kappa shape index (κ3) is 22.5. The predicted octanol–water partition coefficient (Wildman–Crippen LogP) is 8.64. The van der Waals surface area contributed by atoms with E-state index in [9.17, 15) is 92.2 Å². The Hall–Kier alpha value is -7.20. The molecule has 11 atom stereocenters. The Morgan fingerprint density at radius 2 is 1.18 bits per heavy atom. The average Bonchev–Trinajstić information content (AvgIpc) is 1.74. The summed E-state index contributed by atoms with van der Waals surface area (Å²) in [4.78, 5) is 126. The number of nitro benzene ring substituents is 2. The lowest BCUT2D eigenvalue weighted by Gasteiger charge is -2.39. The molecular weight excluding hydrogens is 1590 g/mol. The van der Waals surface area contributed by atoms with Crippen LogP contribution in [0.4, 0.5) is 29.3 Å². The maximum absolute atomic E-state index is 13.2. The smallest absolute Gasteiger partial charge is 0.443 e. The number of aliphatic hydroxyl groups excluding tert-OH is 4. The monoisotopic (exact) mass is 1680 g/mol. The van der Waals surface area contributed by atoms with Gasteiger partial charge in [0.25, 0.3) is 28.1 Å². The number of alkyl halides is 4. The van der Waals surface area contributed by atoms with Crippen LogP contribution >= 0.6 is 38.5 Å². The molecule has 105 heavy (non-hydrogen) atoms. The zero-order valence-corrected chi connectivity index (χ0v) is 64.8. The van der Waals surface area contributed by atoms with Crippen molar-refractivity contribution >= 4 is 70.1 Å². The van der Waals surface area contributed by atoms with Crippen molar-refractivity contribution in [1.82, 2.24) is 28.2 Å². The van der Waals surface area contributed by atoms with Crippen molar-refractivity contribution in [3.05, 3.63) is 175 Å². The molecule has 0 spiro atoms. The molecule has 2 aromatic carbocycles. The first kappa shape index (κ1) is 86.7. The van der Waals surface area contributed by atoms with Gasteiger partial charge in [0.15, 0.2) is 8.32 Å². The zero-order chi connectivity index (χ0) is 78.7. The fourth-order valence-corrected chi connectivity index (χ4v) is 13.4. The number of carbonyl (C=O) groups excluding carboxylic acids is 2. The fraction of sp³-hybridized carbons (Fsp3) is 0.588. The molecule has 5 aromatic rings. The zero-order valence-electron chi connectivity index (χ0n) is 60.1. The number of nitrogens with zero attached hydrogens (tertiary/aromatic N) is 6. The lowest BCUT2D eigenvalue weighted by Crippen LogP contribution is -2.47. The SMILES string of the molecule is CC(C)[C@H](OCc1cn([C@H]2C[C@@H](O)[C@@H](CO)O2)c(=O)[nH]c1=O)c1ccc(C#CCCC(=O)C(F)(F)F)cc1[N+](=O)[O-].CC(C)[C@H](OCc1cn([C@H]2C[C@@H](O)[C@@H](CO)O2)c(=O)[nH]c1=O)c1ccc(I)cc1[N+](=O)[O-].CC[C@H]1O[C@@H](n2cc(CBr)c(=O)n(C(=O)OC(C)(C)C)c2=O)C[C@H]1O[Si](C)(C)C(C)(C)C. The molecule has 3 aromatic heterocycles. The van der Waals surface area contributed by atoms with Crippen LogP contribution in [0, 0.1) is 47.5 Å². The van der Waals surface area contributed by atoms with Crippen molar-refractivity contribution in [3.8, 4) is 11.8 Å². The molecule has 578 valence electrons. The van der Waals surface area contributed by atoms with Gasteiger partial charge in [0, 0.05) is 82.9 Å². The molecule has 0 saturated carbocycles. The standard InChI is InChI=1S/C26H28F3N3O9.C22H37BrN2O6Si.C20H24IN3O8/c1-14(2)23(17-8-7-15(9-18(17)32(38)39)5-3-4-6-21(35)26(27,28)29)40-13-16-11-31(25(37)30-24(16)36)22-10-19(34)20(12-33)41-22;1-10-15-16(31-32(8,9)22(5,6)7)11-17(29-15)24-13-14(12-23)18(26)25(19(24)27)20(28)30-21(2,3)4;1-10(2)18(13-4-3-12(21)5-14(13)24(29)30)31-9-11-7-23(20(28)22-19(11)27)17-6-15(26)16(8-25)32-17/h7-9,11,14,19-20,22-23,33-34H,4,6,10,12-13H2,1-2H3,(H,30,36,37);13,15-17H,10-12H2,1-9H3;3-5,7,10,15-18,25-26H,6,8-9H2,1-2H3,(H,22,27,28)/t19-,20-,22-,23+;15-,16-,17-;15-,16-,17-,18+/m111/s1. The summed E-state index contributed by atoms with van der Waals surface area (Å²) in [5.41, 5.74) is -4.62. The fourth-order valence-electron chi connectivity index (χ4n) is 11.2. The molecule has 31 nitrogen and oxygen atoms in total. The van der Waals surface area contributed by atoms with Crippen LogP contribution in [-0.2, 0) is 56.2 Å². The number of ether oxygens (including phenoxy) is 6. The quantitative estimate of drug-likeness (QED) is 0.00889. The first-order valence-corrected chi connectivity index (χ1v) is 38.6. The van der Waals surface area contributed by atoms with E-state index in [1.54, 1.807) is 46.8 Å². The Bertz CT molecular complexity index is 4380. The number of carbonyl (C=O) groups is 2. The summed E-state index contributed by atoms with van der Waals surface area (Å²) in [5.74, 6) is 2.54. The number of hydrogen-bond donors (Lipinski definition) is 6. The number of rotatable bonds is 23. The van der Waals surface area contributed by atoms with Crippen molar-refractivity contribution < 1.29 is 85.9 Å². The maximum atomic E-state index is 13.2. The van der Waals surface area contributed by atoms with Gasteiger partial charge in [-0.3, -0.25) is 63.1 Å². The van der Waals surface area contributed by atoms with Gasteiger partial charge < -0.3 is 53.3 Å². The Morgan fingerprint density at radius 1 is 0.724 bits per heavy atom. The van der Waals surface area contributed by atoms with E-state index in [0.29, 0.717) is 20.1 Å². The minimum atomic E-state index is -4.95. The summed E-state index contributed by atoms with van der Waals surface area (Å²) in [7, 11) is -2.06. The molecule has 6 heterocycles. The molecule has 8 rings (SSSR count). The molecule has 3 aliphatic rings. The largest absolute Gasteiger partial charge is 0.450 e. The minimum Gasteiger partial charge on any atom is -0.443 e. The van der Waals surface area contributed by atoms with Crippen molar-refractivity contribution in [1.29, 1.82) is 0 Å². The van der Waals surface area contributed by atoms with Gasteiger partial charge in [0.05, 0.1) is 95.2 Å². The molecule has 0 bridgehead atoms. The number of Topliss-reactive ketones (excluding diaryl/α,β-unsaturated/α-hetero) is 1. The minimum absolute atomic E-state index is 0.000618. The normalized spacial score (nSPS) is 21.0. The van der Waals surface area contributed by atoms with Crippen LogP contribution < -0.4 is 33.7 Å². The van der Waals surface area contributed by atoms with E-state index in [-0.39, 0.29) is 106 Å². The van der Waals surface area contributed by atoms with Gasteiger partial charge in [0.1, 0.15) is 36.5 Å². The van der Waals surface area contributed by atoms with Crippen LogP contribution in [0.2, 0.25) is 18.1 Å². The highest BCUT2D eigenvalue weighted by molar-refractivity contribution is 14.1. The molecule has 6 N–H and O–H groups in total. The molecule has 0 unspecified atom stereocenters. The van der Waals surface area contributed by atoms with E-state index >= 15 is 0 Å². The number of nitro groups is 2. The Kier molecular flexibility index (Phi) is 30.2. The van der Waals surface area contributed by atoms with Crippen molar-refractivity contribution in [2.75, 3.05) is 13.2 Å². The van der Waals surface area contributed by atoms with Crippen LogP contribution in [0.25, 0.3) is 0 Å².